The lowest BCUT2D eigenvalue weighted by Crippen LogP contribution is -2.38. The summed E-state index contributed by atoms with van der Waals surface area (Å²) in [4.78, 5) is 0.107. The summed E-state index contributed by atoms with van der Waals surface area (Å²) in [6, 6.07) is 0. The SMILES string of the molecule is COC(CC1(C)NCC(C)S1)OC. The van der Waals surface area contributed by atoms with Crippen LogP contribution in [0.15, 0.2) is 0 Å². The van der Waals surface area contributed by atoms with E-state index in [1.54, 1.807) is 14.2 Å². The molecule has 2 atom stereocenters. The van der Waals surface area contributed by atoms with Gasteiger partial charge in [0, 0.05) is 32.4 Å². The molecule has 0 bridgehead atoms. The molecule has 0 spiro atoms. The van der Waals surface area contributed by atoms with Crippen LogP contribution in [0.5, 0.6) is 0 Å². The lowest BCUT2D eigenvalue weighted by atomic mass is 10.2. The van der Waals surface area contributed by atoms with Crippen molar-refractivity contribution in [2.45, 2.75) is 36.7 Å². The van der Waals surface area contributed by atoms with Gasteiger partial charge in [-0.3, -0.25) is 0 Å². The van der Waals surface area contributed by atoms with E-state index in [1.807, 2.05) is 11.8 Å². The summed E-state index contributed by atoms with van der Waals surface area (Å²) < 4.78 is 10.4. The smallest absolute Gasteiger partial charge is 0.159 e. The van der Waals surface area contributed by atoms with E-state index in [4.69, 9.17) is 9.47 Å². The zero-order chi connectivity index (χ0) is 9.90. The second kappa shape index (κ2) is 4.64. The van der Waals surface area contributed by atoms with Crippen molar-refractivity contribution in [3.8, 4) is 0 Å². The molecule has 0 aromatic rings. The molecule has 1 saturated heterocycles. The lowest BCUT2D eigenvalue weighted by molar-refractivity contribution is -0.111. The summed E-state index contributed by atoms with van der Waals surface area (Å²) in [5.41, 5.74) is 0. The van der Waals surface area contributed by atoms with Crippen molar-refractivity contribution in [1.29, 1.82) is 0 Å². The topological polar surface area (TPSA) is 30.5 Å². The predicted octanol–water partition coefficient (Wildman–Crippen LogP) is 1.44. The Morgan fingerprint density at radius 2 is 2.15 bits per heavy atom. The van der Waals surface area contributed by atoms with E-state index < -0.39 is 0 Å². The average Bonchev–Trinajstić information content (AvgIpc) is 2.43. The predicted molar refractivity (Wildman–Crippen MR) is 55.9 cm³/mol. The maximum absolute atomic E-state index is 5.19. The molecular formula is C9H19NO2S. The van der Waals surface area contributed by atoms with Gasteiger partial charge in [-0.25, -0.2) is 0 Å². The van der Waals surface area contributed by atoms with E-state index in [0.717, 1.165) is 13.0 Å². The van der Waals surface area contributed by atoms with Crippen molar-refractivity contribution in [2.75, 3.05) is 20.8 Å². The van der Waals surface area contributed by atoms with Crippen LogP contribution in [0.2, 0.25) is 0 Å². The highest BCUT2D eigenvalue weighted by molar-refractivity contribution is 8.01. The number of ether oxygens (including phenoxy) is 2. The monoisotopic (exact) mass is 205 g/mol. The van der Waals surface area contributed by atoms with Gasteiger partial charge in [-0.15, -0.1) is 11.8 Å². The van der Waals surface area contributed by atoms with Crippen LogP contribution in [0.4, 0.5) is 0 Å². The van der Waals surface area contributed by atoms with Crippen molar-refractivity contribution in [3.05, 3.63) is 0 Å². The van der Waals surface area contributed by atoms with E-state index in [0.29, 0.717) is 5.25 Å². The second-order valence-corrected chi connectivity index (χ2v) is 5.59. The van der Waals surface area contributed by atoms with Gasteiger partial charge in [0.1, 0.15) is 0 Å². The number of methoxy groups -OCH3 is 2. The molecule has 1 N–H and O–H groups in total. The van der Waals surface area contributed by atoms with Crippen LogP contribution in [0.3, 0.4) is 0 Å². The van der Waals surface area contributed by atoms with Gasteiger partial charge >= 0.3 is 0 Å². The molecule has 0 aromatic carbocycles. The minimum absolute atomic E-state index is 0.102. The Hall–Kier alpha value is 0.230. The summed E-state index contributed by atoms with van der Waals surface area (Å²) in [7, 11) is 3.36. The van der Waals surface area contributed by atoms with Crippen molar-refractivity contribution < 1.29 is 9.47 Å². The molecule has 1 heterocycles. The van der Waals surface area contributed by atoms with Crippen molar-refractivity contribution >= 4 is 11.8 Å². The zero-order valence-corrected chi connectivity index (χ0v) is 9.61. The van der Waals surface area contributed by atoms with Crippen LogP contribution in [0.25, 0.3) is 0 Å². The van der Waals surface area contributed by atoms with Gasteiger partial charge in [-0.1, -0.05) is 6.92 Å². The van der Waals surface area contributed by atoms with Crippen molar-refractivity contribution in [1.82, 2.24) is 5.32 Å². The Bertz CT molecular complexity index is 164. The third kappa shape index (κ3) is 3.13. The summed E-state index contributed by atoms with van der Waals surface area (Å²) in [5.74, 6) is 0. The van der Waals surface area contributed by atoms with Crippen LogP contribution in [-0.2, 0) is 9.47 Å². The zero-order valence-electron chi connectivity index (χ0n) is 8.79. The average molecular weight is 205 g/mol. The molecule has 0 aliphatic carbocycles. The van der Waals surface area contributed by atoms with Crippen LogP contribution < -0.4 is 5.32 Å². The van der Waals surface area contributed by atoms with Crippen LogP contribution in [0, 0.1) is 0 Å². The summed E-state index contributed by atoms with van der Waals surface area (Å²) in [6.45, 7) is 5.51. The summed E-state index contributed by atoms with van der Waals surface area (Å²) in [6.07, 6.45) is 0.782. The normalized spacial score (nSPS) is 34.4. The summed E-state index contributed by atoms with van der Waals surface area (Å²) in [5, 5.41) is 4.16. The Morgan fingerprint density at radius 3 is 2.54 bits per heavy atom. The van der Waals surface area contributed by atoms with Crippen LogP contribution in [-0.4, -0.2) is 37.2 Å². The highest BCUT2D eigenvalue weighted by Gasteiger charge is 2.35. The maximum atomic E-state index is 5.19. The van der Waals surface area contributed by atoms with Gasteiger partial charge in [0.15, 0.2) is 6.29 Å². The molecule has 0 radical (unpaired) electrons. The molecule has 1 aliphatic rings. The standard InChI is InChI=1S/C9H19NO2S/c1-7-6-10-9(2,13-7)5-8(11-3)12-4/h7-8,10H,5-6H2,1-4H3. The van der Waals surface area contributed by atoms with Gasteiger partial charge in [-0.2, -0.15) is 0 Å². The third-order valence-electron chi connectivity index (χ3n) is 2.31. The Balaban J connectivity index is 2.42. The number of hydrogen-bond acceptors (Lipinski definition) is 4. The molecule has 1 aliphatic heterocycles. The van der Waals surface area contributed by atoms with E-state index in [9.17, 15) is 0 Å². The molecular weight excluding hydrogens is 186 g/mol. The van der Waals surface area contributed by atoms with Crippen LogP contribution >= 0.6 is 11.8 Å². The molecule has 0 amide bonds. The molecule has 1 rings (SSSR count). The van der Waals surface area contributed by atoms with E-state index in [2.05, 4.69) is 19.2 Å². The van der Waals surface area contributed by atoms with Crippen molar-refractivity contribution in [2.24, 2.45) is 0 Å². The van der Waals surface area contributed by atoms with Gasteiger partial charge in [0.2, 0.25) is 0 Å². The summed E-state index contributed by atoms with van der Waals surface area (Å²) >= 11 is 1.96. The first-order valence-corrected chi connectivity index (χ1v) is 5.46. The molecule has 2 unspecified atom stereocenters. The molecule has 1 fully saturated rings. The van der Waals surface area contributed by atoms with E-state index in [1.165, 1.54) is 0 Å². The first-order valence-electron chi connectivity index (χ1n) is 4.58. The Morgan fingerprint density at radius 1 is 1.54 bits per heavy atom. The Kier molecular flexibility index (Phi) is 4.04. The number of thioether (sulfide) groups is 1. The number of hydrogen-bond donors (Lipinski definition) is 1. The minimum atomic E-state index is -0.102. The van der Waals surface area contributed by atoms with Gasteiger partial charge < -0.3 is 14.8 Å². The van der Waals surface area contributed by atoms with E-state index in [-0.39, 0.29) is 11.2 Å². The molecule has 78 valence electrons. The quantitative estimate of drug-likeness (QED) is 0.703. The highest BCUT2D eigenvalue weighted by Crippen LogP contribution is 2.36. The van der Waals surface area contributed by atoms with Crippen molar-refractivity contribution in [3.63, 3.8) is 0 Å². The minimum Gasteiger partial charge on any atom is -0.356 e. The molecule has 4 heteroatoms. The molecule has 3 nitrogen and oxygen atoms in total. The number of rotatable bonds is 4. The fourth-order valence-corrected chi connectivity index (χ4v) is 3.04. The lowest BCUT2D eigenvalue weighted by Gasteiger charge is -2.27. The van der Waals surface area contributed by atoms with Crippen LogP contribution in [0.1, 0.15) is 20.3 Å². The van der Waals surface area contributed by atoms with Gasteiger partial charge in [-0.05, 0) is 6.92 Å². The largest absolute Gasteiger partial charge is 0.356 e. The van der Waals surface area contributed by atoms with E-state index >= 15 is 0 Å². The second-order valence-electron chi connectivity index (χ2n) is 3.65. The maximum Gasteiger partial charge on any atom is 0.159 e. The highest BCUT2D eigenvalue weighted by atomic mass is 32.2. The first kappa shape index (κ1) is 11.3. The fourth-order valence-electron chi connectivity index (χ4n) is 1.59. The molecule has 13 heavy (non-hydrogen) atoms. The Labute approximate surface area is 84.6 Å². The number of nitrogens with one attached hydrogen (secondary N) is 1. The third-order valence-corrected chi connectivity index (χ3v) is 3.71. The first-order chi connectivity index (χ1) is 6.09. The van der Waals surface area contributed by atoms with Gasteiger partial charge in [0.25, 0.3) is 0 Å². The fraction of sp³-hybridized carbons (Fsp3) is 1.00. The van der Waals surface area contributed by atoms with Gasteiger partial charge in [0.05, 0.1) is 4.87 Å². The molecule has 0 saturated carbocycles. The molecule has 0 aromatic heterocycles.